The second kappa shape index (κ2) is 6.27. The van der Waals surface area contributed by atoms with Crippen LogP contribution in [0.4, 0.5) is 5.69 Å². The predicted octanol–water partition coefficient (Wildman–Crippen LogP) is 2.34. The molecule has 2 rings (SSSR count). The van der Waals surface area contributed by atoms with Crippen molar-refractivity contribution >= 4 is 11.6 Å². The summed E-state index contributed by atoms with van der Waals surface area (Å²) in [6.07, 6.45) is 3.11. The highest BCUT2D eigenvalue weighted by atomic mass is 16.2. The topological polar surface area (TPSA) is 85.8 Å². The SMILES string of the molecule is CCCC(C)(N)C(=O)Nc1ccc(-n2nc(C)cc2C)nc1. The number of hydrogen-bond donors (Lipinski definition) is 2. The Morgan fingerprint density at radius 1 is 1.41 bits per heavy atom. The van der Waals surface area contributed by atoms with Gasteiger partial charge in [-0.05, 0) is 45.4 Å². The summed E-state index contributed by atoms with van der Waals surface area (Å²) in [7, 11) is 0. The van der Waals surface area contributed by atoms with Crippen molar-refractivity contribution in [3.8, 4) is 5.82 Å². The third-order valence-corrected chi connectivity index (χ3v) is 3.52. The van der Waals surface area contributed by atoms with Gasteiger partial charge in [0.05, 0.1) is 23.1 Å². The first kappa shape index (κ1) is 16.2. The highest BCUT2D eigenvalue weighted by Crippen LogP contribution is 2.15. The molecule has 2 aromatic heterocycles. The van der Waals surface area contributed by atoms with Gasteiger partial charge in [0, 0.05) is 5.69 Å². The molecule has 1 atom stereocenters. The number of nitrogens with two attached hydrogens (primary N) is 1. The number of aryl methyl sites for hydroxylation is 2. The predicted molar refractivity (Wildman–Crippen MR) is 87.0 cm³/mol. The summed E-state index contributed by atoms with van der Waals surface area (Å²) in [6.45, 7) is 7.66. The van der Waals surface area contributed by atoms with Crippen LogP contribution in [-0.2, 0) is 4.79 Å². The van der Waals surface area contributed by atoms with E-state index in [1.165, 1.54) is 0 Å². The van der Waals surface area contributed by atoms with Crippen LogP contribution in [0.1, 0.15) is 38.1 Å². The van der Waals surface area contributed by atoms with Crippen LogP contribution in [0.5, 0.6) is 0 Å². The lowest BCUT2D eigenvalue weighted by molar-refractivity contribution is -0.120. The molecule has 1 unspecified atom stereocenters. The zero-order valence-electron chi connectivity index (χ0n) is 13.6. The molecule has 6 heteroatoms. The van der Waals surface area contributed by atoms with E-state index in [0.717, 1.165) is 17.8 Å². The molecular weight excluding hydrogens is 278 g/mol. The molecule has 0 saturated heterocycles. The summed E-state index contributed by atoms with van der Waals surface area (Å²) in [5.74, 6) is 0.516. The third-order valence-electron chi connectivity index (χ3n) is 3.52. The van der Waals surface area contributed by atoms with Gasteiger partial charge in [-0.3, -0.25) is 4.79 Å². The molecule has 0 fully saturated rings. The Morgan fingerprint density at radius 2 is 2.14 bits per heavy atom. The standard InChI is InChI=1S/C16H23N5O/c1-5-8-16(4,17)15(22)19-13-6-7-14(18-10-13)21-12(3)9-11(2)20-21/h6-7,9-10H,5,8,17H2,1-4H3,(H,19,22). The number of pyridine rings is 1. The van der Waals surface area contributed by atoms with Gasteiger partial charge in [0.1, 0.15) is 0 Å². The summed E-state index contributed by atoms with van der Waals surface area (Å²) in [6, 6.07) is 5.61. The fourth-order valence-electron chi connectivity index (χ4n) is 2.35. The molecule has 0 radical (unpaired) electrons. The van der Waals surface area contributed by atoms with Crippen LogP contribution in [-0.4, -0.2) is 26.2 Å². The van der Waals surface area contributed by atoms with Gasteiger partial charge in [-0.2, -0.15) is 5.10 Å². The molecule has 3 N–H and O–H groups in total. The van der Waals surface area contributed by atoms with Crippen LogP contribution in [0.25, 0.3) is 5.82 Å². The van der Waals surface area contributed by atoms with Crippen LogP contribution in [0, 0.1) is 13.8 Å². The highest BCUT2D eigenvalue weighted by Gasteiger charge is 2.27. The lowest BCUT2D eigenvalue weighted by Crippen LogP contribution is -2.48. The van der Waals surface area contributed by atoms with E-state index >= 15 is 0 Å². The van der Waals surface area contributed by atoms with Crippen molar-refractivity contribution in [1.29, 1.82) is 0 Å². The number of carbonyl (C=O) groups is 1. The Bertz CT molecular complexity index is 658. The maximum atomic E-state index is 12.2. The van der Waals surface area contributed by atoms with E-state index in [4.69, 9.17) is 5.73 Å². The first-order valence-corrected chi connectivity index (χ1v) is 7.43. The minimum absolute atomic E-state index is 0.199. The molecule has 2 aromatic rings. The number of aromatic nitrogens is 3. The van der Waals surface area contributed by atoms with Gasteiger partial charge in [-0.25, -0.2) is 9.67 Å². The monoisotopic (exact) mass is 301 g/mol. The van der Waals surface area contributed by atoms with Gasteiger partial charge in [0.25, 0.3) is 0 Å². The minimum Gasteiger partial charge on any atom is -0.323 e. The Hall–Kier alpha value is -2.21. The van der Waals surface area contributed by atoms with Gasteiger partial charge in [0.15, 0.2) is 5.82 Å². The van der Waals surface area contributed by atoms with E-state index in [9.17, 15) is 4.79 Å². The lowest BCUT2D eigenvalue weighted by atomic mass is 9.96. The first-order chi connectivity index (χ1) is 10.3. The first-order valence-electron chi connectivity index (χ1n) is 7.43. The van der Waals surface area contributed by atoms with Crippen LogP contribution in [0.15, 0.2) is 24.4 Å². The van der Waals surface area contributed by atoms with Gasteiger partial charge < -0.3 is 11.1 Å². The van der Waals surface area contributed by atoms with E-state index < -0.39 is 5.54 Å². The number of hydrogen-bond acceptors (Lipinski definition) is 4. The number of nitrogens with one attached hydrogen (secondary N) is 1. The van der Waals surface area contributed by atoms with Crippen molar-refractivity contribution in [2.75, 3.05) is 5.32 Å². The number of carbonyl (C=O) groups excluding carboxylic acids is 1. The number of anilines is 1. The second-order valence-corrected chi connectivity index (χ2v) is 5.87. The molecule has 1 amide bonds. The van der Waals surface area contributed by atoms with Gasteiger partial charge in [0.2, 0.25) is 5.91 Å². The maximum absolute atomic E-state index is 12.2. The third kappa shape index (κ3) is 3.51. The Balaban J connectivity index is 2.13. The van der Waals surface area contributed by atoms with Crippen molar-refractivity contribution in [3.05, 3.63) is 35.8 Å². The second-order valence-electron chi connectivity index (χ2n) is 5.87. The van der Waals surface area contributed by atoms with Gasteiger partial charge in [-0.1, -0.05) is 13.3 Å². The molecule has 0 bridgehead atoms. The molecule has 0 aliphatic rings. The van der Waals surface area contributed by atoms with E-state index in [0.29, 0.717) is 17.9 Å². The van der Waals surface area contributed by atoms with E-state index in [1.54, 1.807) is 23.9 Å². The largest absolute Gasteiger partial charge is 0.323 e. The molecule has 0 aliphatic carbocycles. The van der Waals surface area contributed by atoms with Crippen molar-refractivity contribution < 1.29 is 4.79 Å². The van der Waals surface area contributed by atoms with Gasteiger partial charge >= 0.3 is 0 Å². The number of rotatable bonds is 5. The maximum Gasteiger partial charge on any atom is 0.244 e. The highest BCUT2D eigenvalue weighted by molar-refractivity contribution is 5.97. The Kier molecular flexibility index (Phi) is 4.61. The number of amides is 1. The Morgan fingerprint density at radius 3 is 2.64 bits per heavy atom. The van der Waals surface area contributed by atoms with Crippen LogP contribution >= 0.6 is 0 Å². The van der Waals surface area contributed by atoms with E-state index in [1.807, 2.05) is 32.9 Å². The lowest BCUT2D eigenvalue weighted by Gasteiger charge is -2.22. The van der Waals surface area contributed by atoms with E-state index in [2.05, 4.69) is 15.4 Å². The fraction of sp³-hybridized carbons (Fsp3) is 0.438. The summed E-state index contributed by atoms with van der Waals surface area (Å²) in [4.78, 5) is 16.5. The molecule has 0 aliphatic heterocycles. The van der Waals surface area contributed by atoms with Crippen LogP contribution < -0.4 is 11.1 Å². The summed E-state index contributed by atoms with van der Waals surface area (Å²) in [5.41, 5.74) is 7.72. The quantitative estimate of drug-likeness (QED) is 0.887. The molecule has 0 spiro atoms. The van der Waals surface area contributed by atoms with Crippen LogP contribution in [0.2, 0.25) is 0 Å². The van der Waals surface area contributed by atoms with E-state index in [-0.39, 0.29) is 5.91 Å². The van der Waals surface area contributed by atoms with Gasteiger partial charge in [-0.15, -0.1) is 0 Å². The van der Waals surface area contributed by atoms with Crippen molar-refractivity contribution in [2.24, 2.45) is 5.73 Å². The smallest absolute Gasteiger partial charge is 0.244 e. The molecule has 22 heavy (non-hydrogen) atoms. The minimum atomic E-state index is -0.872. The average Bonchev–Trinajstić information content (AvgIpc) is 2.78. The molecule has 2 heterocycles. The number of nitrogens with zero attached hydrogens (tertiary/aromatic N) is 3. The summed E-state index contributed by atoms with van der Waals surface area (Å²) < 4.78 is 1.77. The van der Waals surface area contributed by atoms with Crippen molar-refractivity contribution in [1.82, 2.24) is 14.8 Å². The van der Waals surface area contributed by atoms with Crippen LogP contribution in [0.3, 0.4) is 0 Å². The average molecular weight is 301 g/mol. The fourth-order valence-corrected chi connectivity index (χ4v) is 2.35. The normalized spacial score (nSPS) is 13.7. The molecule has 0 saturated carbocycles. The molecular formula is C16H23N5O. The molecule has 0 aromatic carbocycles. The molecule has 6 nitrogen and oxygen atoms in total. The van der Waals surface area contributed by atoms with Crippen molar-refractivity contribution in [3.63, 3.8) is 0 Å². The zero-order chi connectivity index (χ0) is 16.3. The summed E-state index contributed by atoms with van der Waals surface area (Å²) >= 11 is 0. The summed E-state index contributed by atoms with van der Waals surface area (Å²) in [5, 5.41) is 7.19. The van der Waals surface area contributed by atoms with Crippen molar-refractivity contribution in [2.45, 2.75) is 46.1 Å². The molecule has 118 valence electrons. The zero-order valence-corrected chi connectivity index (χ0v) is 13.6. The Labute approximate surface area is 130 Å².